The molecule has 2 bridgehead atoms. The number of piperidine rings is 1. The van der Waals surface area contributed by atoms with Crippen LogP contribution in [-0.2, 0) is 0 Å². The lowest BCUT2D eigenvalue weighted by molar-refractivity contribution is 0.0587. The van der Waals surface area contributed by atoms with E-state index >= 15 is 0 Å². The Bertz CT molecular complexity index is 730. The number of furan rings is 1. The number of para-hydroxylation sites is 1. The molecule has 1 aromatic heterocycles. The van der Waals surface area contributed by atoms with Crippen molar-refractivity contribution in [1.29, 1.82) is 0 Å². The van der Waals surface area contributed by atoms with Gasteiger partial charge < -0.3 is 23.5 Å². The van der Waals surface area contributed by atoms with Gasteiger partial charge >= 0.3 is 0 Å². The summed E-state index contributed by atoms with van der Waals surface area (Å²) in [5.41, 5.74) is 0. The summed E-state index contributed by atoms with van der Waals surface area (Å²) in [6.45, 7) is 0.636. The van der Waals surface area contributed by atoms with Crippen molar-refractivity contribution in [2.75, 3.05) is 27.9 Å². The largest absolute Gasteiger partial charge is 0.493 e. The van der Waals surface area contributed by atoms with E-state index in [0.717, 1.165) is 17.9 Å². The molecule has 0 N–H and O–H groups in total. The summed E-state index contributed by atoms with van der Waals surface area (Å²) < 4.78 is 22.9. The van der Waals surface area contributed by atoms with Gasteiger partial charge in [0, 0.05) is 23.9 Å². The molecule has 1 aromatic carbocycles. The normalized spacial score (nSPS) is 28.1. The van der Waals surface area contributed by atoms with Crippen molar-refractivity contribution in [2.45, 2.75) is 37.3 Å². The summed E-state index contributed by atoms with van der Waals surface area (Å²) >= 11 is 0. The third kappa shape index (κ3) is 2.94. The molecule has 140 valence electrons. The highest BCUT2D eigenvalue weighted by Crippen LogP contribution is 2.47. The van der Waals surface area contributed by atoms with Crippen LogP contribution in [0.3, 0.4) is 0 Å². The van der Waals surface area contributed by atoms with Gasteiger partial charge in [-0.05, 0) is 50.6 Å². The van der Waals surface area contributed by atoms with Crippen LogP contribution in [0.25, 0.3) is 0 Å². The molecule has 4 atom stereocenters. The Morgan fingerprint density at radius 3 is 2.65 bits per heavy atom. The smallest absolute Gasteiger partial charge is 0.203 e. The SMILES string of the molecule is COc1cccc(OCC2C(c3ccco3)CC3CCC2N3C)c1OC. The van der Waals surface area contributed by atoms with Crippen LogP contribution < -0.4 is 14.2 Å². The van der Waals surface area contributed by atoms with Gasteiger partial charge in [0.1, 0.15) is 5.76 Å². The van der Waals surface area contributed by atoms with Gasteiger partial charge in [0.2, 0.25) is 5.75 Å². The van der Waals surface area contributed by atoms with Gasteiger partial charge in [-0.1, -0.05) is 6.07 Å². The molecule has 0 spiro atoms. The second-order valence-corrected chi connectivity index (χ2v) is 7.29. The molecule has 3 heterocycles. The number of methoxy groups -OCH3 is 2. The van der Waals surface area contributed by atoms with Crippen LogP contribution >= 0.6 is 0 Å². The van der Waals surface area contributed by atoms with Crippen molar-refractivity contribution >= 4 is 0 Å². The first kappa shape index (κ1) is 17.3. The molecule has 2 saturated heterocycles. The summed E-state index contributed by atoms with van der Waals surface area (Å²) in [6.07, 6.45) is 5.39. The van der Waals surface area contributed by atoms with Gasteiger partial charge in [0.25, 0.3) is 0 Å². The maximum absolute atomic E-state index is 6.26. The Morgan fingerprint density at radius 1 is 1.08 bits per heavy atom. The first-order valence-corrected chi connectivity index (χ1v) is 9.32. The average molecular weight is 357 g/mol. The van der Waals surface area contributed by atoms with Crippen molar-refractivity contribution in [3.05, 3.63) is 42.4 Å². The minimum absolute atomic E-state index is 0.390. The number of ether oxygens (including phenoxy) is 3. The Balaban J connectivity index is 1.57. The van der Waals surface area contributed by atoms with Crippen molar-refractivity contribution in [2.24, 2.45) is 5.92 Å². The summed E-state index contributed by atoms with van der Waals surface area (Å²) in [7, 11) is 5.54. The van der Waals surface area contributed by atoms with E-state index in [9.17, 15) is 0 Å². The minimum Gasteiger partial charge on any atom is -0.493 e. The fourth-order valence-corrected chi connectivity index (χ4v) is 4.79. The molecule has 2 aliphatic rings. The van der Waals surface area contributed by atoms with E-state index in [1.54, 1.807) is 20.5 Å². The van der Waals surface area contributed by atoms with Crippen molar-refractivity contribution in [1.82, 2.24) is 4.90 Å². The predicted molar refractivity (Wildman–Crippen MR) is 99.2 cm³/mol. The Hall–Kier alpha value is -2.14. The Kier molecular flexibility index (Phi) is 4.81. The van der Waals surface area contributed by atoms with Crippen LogP contribution in [0.1, 0.15) is 30.9 Å². The van der Waals surface area contributed by atoms with Crippen molar-refractivity contribution in [3.63, 3.8) is 0 Å². The number of rotatable bonds is 6. The van der Waals surface area contributed by atoms with Gasteiger partial charge in [-0.2, -0.15) is 0 Å². The molecule has 0 radical (unpaired) electrons. The van der Waals surface area contributed by atoms with Crippen molar-refractivity contribution < 1.29 is 18.6 Å². The summed E-state index contributed by atoms with van der Waals surface area (Å²) in [5, 5.41) is 0. The molecule has 26 heavy (non-hydrogen) atoms. The zero-order valence-corrected chi connectivity index (χ0v) is 15.7. The standard InChI is InChI=1S/C21H27NO4/c1-22-14-9-10-17(22)16(15(12-14)18-8-5-11-25-18)13-26-20-7-4-6-19(23-2)21(20)24-3/h4-8,11,14-17H,9-10,12-13H2,1-3H3. The molecule has 4 unspecified atom stereocenters. The number of nitrogens with zero attached hydrogens (tertiary/aromatic N) is 1. The molecule has 2 aromatic rings. The Labute approximate surface area is 154 Å². The lowest BCUT2D eigenvalue weighted by Gasteiger charge is -2.42. The van der Waals surface area contributed by atoms with E-state index in [4.69, 9.17) is 18.6 Å². The molecular weight excluding hydrogens is 330 g/mol. The highest BCUT2D eigenvalue weighted by molar-refractivity contribution is 5.51. The quantitative estimate of drug-likeness (QED) is 0.783. The van der Waals surface area contributed by atoms with Gasteiger partial charge in [-0.25, -0.2) is 0 Å². The van der Waals surface area contributed by atoms with Gasteiger partial charge in [0.15, 0.2) is 11.5 Å². The van der Waals surface area contributed by atoms with Crippen LogP contribution in [0.15, 0.2) is 41.0 Å². The van der Waals surface area contributed by atoms with E-state index in [1.165, 1.54) is 12.8 Å². The molecule has 5 heteroatoms. The fraction of sp³-hybridized carbons (Fsp3) is 0.524. The van der Waals surface area contributed by atoms with E-state index in [1.807, 2.05) is 24.3 Å². The lowest BCUT2D eigenvalue weighted by Crippen LogP contribution is -2.47. The predicted octanol–water partition coefficient (Wildman–Crippen LogP) is 3.94. The monoisotopic (exact) mass is 357 g/mol. The first-order valence-electron chi connectivity index (χ1n) is 9.32. The van der Waals surface area contributed by atoms with Gasteiger partial charge in [0.05, 0.1) is 27.1 Å². The fourth-order valence-electron chi connectivity index (χ4n) is 4.79. The van der Waals surface area contributed by atoms with Crippen LogP contribution in [0.4, 0.5) is 0 Å². The van der Waals surface area contributed by atoms with E-state index < -0.39 is 0 Å². The third-order valence-corrected chi connectivity index (χ3v) is 6.14. The van der Waals surface area contributed by atoms with E-state index in [2.05, 4.69) is 18.0 Å². The first-order chi connectivity index (χ1) is 12.7. The molecule has 0 amide bonds. The van der Waals surface area contributed by atoms with Gasteiger partial charge in [-0.3, -0.25) is 0 Å². The van der Waals surface area contributed by atoms with E-state index in [0.29, 0.717) is 42.0 Å². The lowest BCUT2D eigenvalue weighted by atomic mass is 9.79. The van der Waals surface area contributed by atoms with Crippen LogP contribution in [-0.4, -0.2) is 44.9 Å². The Morgan fingerprint density at radius 2 is 1.92 bits per heavy atom. The molecule has 0 saturated carbocycles. The number of benzene rings is 1. The maximum atomic E-state index is 6.26. The second kappa shape index (κ2) is 7.23. The minimum atomic E-state index is 0.390. The van der Waals surface area contributed by atoms with Crippen LogP contribution in [0.5, 0.6) is 17.2 Å². The third-order valence-electron chi connectivity index (χ3n) is 6.14. The number of fused-ring (bicyclic) bond motifs is 2. The molecule has 5 nitrogen and oxygen atoms in total. The zero-order valence-electron chi connectivity index (χ0n) is 15.7. The van der Waals surface area contributed by atoms with Crippen LogP contribution in [0.2, 0.25) is 0 Å². The number of hydrogen-bond donors (Lipinski definition) is 0. The highest BCUT2D eigenvalue weighted by Gasteiger charge is 2.47. The zero-order chi connectivity index (χ0) is 18.1. The highest BCUT2D eigenvalue weighted by atomic mass is 16.5. The molecule has 2 aliphatic heterocycles. The van der Waals surface area contributed by atoms with Crippen LogP contribution in [0, 0.1) is 5.92 Å². The average Bonchev–Trinajstić information content (AvgIpc) is 3.27. The molecular formula is C21H27NO4. The topological polar surface area (TPSA) is 44.1 Å². The number of hydrogen-bond acceptors (Lipinski definition) is 5. The summed E-state index contributed by atoms with van der Waals surface area (Å²) in [5.74, 6) is 3.94. The summed E-state index contributed by atoms with van der Waals surface area (Å²) in [6, 6.07) is 11.0. The maximum Gasteiger partial charge on any atom is 0.203 e. The van der Waals surface area contributed by atoms with Crippen molar-refractivity contribution in [3.8, 4) is 17.2 Å². The summed E-state index contributed by atoms with van der Waals surface area (Å²) in [4.78, 5) is 2.54. The van der Waals surface area contributed by atoms with E-state index in [-0.39, 0.29) is 0 Å². The molecule has 0 aliphatic carbocycles. The molecule has 4 rings (SSSR count). The molecule has 2 fully saturated rings. The van der Waals surface area contributed by atoms with Gasteiger partial charge in [-0.15, -0.1) is 0 Å². The second-order valence-electron chi connectivity index (χ2n) is 7.29.